The Hall–Kier alpha value is -3.45. The highest BCUT2D eigenvalue weighted by Crippen LogP contribution is 2.35. The first-order valence-corrected chi connectivity index (χ1v) is 12.4. The minimum absolute atomic E-state index is 0.233. The monoisotopic (exact) mass is 475 g/mol. The third-order valence-corrected chi connectivity index (χ3v) is 6.69. The molecule has 1 N–H and O–H groups in total. The van der Waals surface area contributed by atoms with E-state index in [2.05, 4.69) is 22.2 Å². The first-order valence-electron chi connectivity index (χ1n) is 11.6. The van der Waals surface area contributed by atoms with Crippen molar-refractivity contribution in [2.24, 2.45) is 0 Å². The Balaban J connectivity index is 1.44. The number of fused-ring (bicyclic) bond motifs is 1. The van der Waals surface area contributed by atoms with E-state index in [1.54, 1.807) is 0 Å². The molecule has 0 atom stereocenters. The Morgan fingerprint density at radius 2 is 1.79 bits per heavy atom. The average molecular weight is 476 g/mol. The van der Waals surface area contributed by atoms with Crippen molar-refractivity contribution in [2.45, 2.75) is 46.1 Å². The summed E-state index contributed by atoms with van der Waals surface area (Å²) in [5.74, 6) is 1.16. The Labute approximate surface area is 204 Å². The number of ether oxygens (including phenoxy) is 2. The van der Waals surface area contributed by atoms with E-state index in [9.17, 15) is 4.79 Å². The second kappa shape index (κ2) is 11.6. The number of nitrogens with zero attached hydrogens (tertiary/aromatic N) is 2. The molecule has 0 spiro atoms. The van der Waals surface area contributed by atoms with Crippen LogP contribution in [0.5, 0.6) is 5.75 Å². The third-order valence-electron chi connectivity index (χ3n) is 5.51. The van der Waals surface area contributed by atoms with Gasteiger partial charge < -0.3 is 14.8 Å². The molecule has 0 aliphatic carbocycles. The molecule has 4 rings (SSSR count). The van der Waals surface area contributed by atoms with Crippen molar-refractivity contribution in [3.63, 3.8) is 0 Å². The lowest BCUT2D eigenvalue weighted by Gasteiger charge is -2.10. The third kappa shape index (κ3) is 5.91. The molecular weight excluding hydrogens is 446 g/mol. The molecule has 2 aromatic heterocycles. The van der Waals surface area contributed by atoms with Crippen LogP contribution in [0.25, 0.3) is 10.2 Å². The number of anilines is 2. The fourth-order valence-corrected chi connectivity index (χ4v) is 4.68. The number of carbonyl (C=O) groups excluding carboxylic acids is 1. The minimum Gasteiger partial charge on any atom is -0.494 e. The molecule has 2 aromatic carbocycles. The van der Waals surface area contributed by atoms with Gasteiger partial charge in [-0.1, -0.05) is 56.5 Å². The molecule has 0 amide bonds. The standard InChI is InChI=1S/C27H29N3O3S/c1-3-4-5-9-16-32-22-14-12-21(13-15-22)30-25-23-19(2)24(34-26(23)29-18-28-25)27(31)33-17-20-10-7-6-8-11-20/h6-8,10-15,18H,3-5,9,16-17H2,1-2H3,(H,28,29,30). The fourth-order valence-electron chi connectivity index (χ4n) is 3.64. The van der Waals surface area contributed by atoms with Gasteiger partial charge in [0.25, 0.3) is 0 Å². The van der Waals surface area contributed by atoms with E-state index >= 15 is 0 Å². The molecule has 6 nitrogen and oxygen atoms in total. The van der Waals surface area contributed by atoms with Gasteiger partial charge in [0.15, 0.2) is 0 Å². The number of unbranched alkanes of at least 4 members (excludes halogenated alkanes) is 3. The molecule has 7 heteroatoms. The number of esters is 1. The number of aromatic nitrogens is 2. The van der Waals surface area contributed by atoms with E-state index in [0.717, 1.165) is 45.8 Å². The molecule has 34 heavy (non-hydrogen) atoms. The molecule has 0 saturated carbocycles. The summed E-state index contributed by atoms with van der Waals surface area (Å²) in [4.78, 5) is 22.9. The summed E-state index contributed by atoms with van der Waals surface area (Å²) in [5.41, 5.74) is 2.65. The topological polar surface area (TPSA) is 73.3 Å². The van der Waals surface area contributed by atoms with Crippen molar-refractivity contribution in [1.82, 2.24) is 9.97 Å². The second-order valence-electron chi connectivity index (χ2n) is 8.08. The fraction of sp³-hybridized carbons (Fsp3) is 0.296. The Morgan fingerprint density at radius 1 is 1.00 bits per heavy atom. The highest BCUT2D eigenvalue weighted by molar-refractivity contribution is 7.20. The molecule has 0 saturated heterocycles. The van der Waals surface area contributed by atoms with Gasteiger partial charge in [0.2, 0.25) is 0 Å². The van der Waals surface area contributed by atoms with Crippen LogP contribution in [0.2, 0.25) is 0 Å². The smallest absolute Gasteiger partial charge is 0.349 e. The molecule has 0 unspecified atom stereocenters. The highest BCUT2D eigenvalue weighted by atomic mass is 32.1. The zero-order chi connectivity index (χ0) is 23.8. The van der Waals surface area contributed by atoms with Crippen LogP contribution in [0.1, 0.15) is 53.4 Å². The van der Waals surface area contributed by atoms with Gasteiger partial charge in [-0.15, -0.1) is 11.3 Å². The number of hydrogen-bond acceptors (Lipinski definition) is 7. The van der Waals surface area contributed by atoms with Crippen LogP contribution in [0.15, 0.2) is 60.9 Å². The lowest BCUT2D eigenvalue weighted by Crippen LogP contribution is -2.04. The predicted octanol–water partition coefficient (Wildman–Crippen LogP) is 7.06. The molecule has 0 fully saturated rings. The second-order valence-corrected chi connectivity index (χ2v) is 9.08. The van der Waals surface area contributed by atoms with E-state index in [-0.39, 0.29) is 12.6 Å². The first kappa shape index (κ1) is 23.7. The molecule has 0 aliphatic rings. The van der Waals surface area contributed by atoms with Crippen LogP contribution >= 0.6 is 11.3 Å². The van der Waals surface area contributed by atoms with Crippen LogP contribution in [0.3, 0.4) is 0 Å². The van der Waals surface area contributed by atoms with Crippen LogP contribution in [-0.4, -0.2) is 22.5 Å². The number of benzene rings is 2. The van der Waals surface area contributed by atoms with Gasteiger partial charge in [-0.25, -0.2) is 14.8 Å². The van der Waals surface area contributed by atoms with E-state index in [1.807, 2.05) is 61.5 Å². The van der Waals surface area contributed by atoms with Gasteiger partial charge in [0.05, 0.1) is 12.0 Å². The summed E-state index contributed by atoms with van der Waals surface area (Å²) in [6, 6.07) is 17.5. The van der Waals surface area contributed by atoms with Gasteiger partial charge in [-0.3, -0.25) is 0 Å². The SMILES string of the molecule is CCCCCCOc1ccc(Nc2ncnc3sc(C(=O)OCc4ccccc4)c(C)c23)cc1. The van der Waals surface area contributed by atoms with E-state index in [4.69, 9.17) is 9.47 Å². The minimum atomic E-state index is -0.351. The summed E-state index contributed by atoms with van der Waals surface area (Å²) in [5, 5.41) is 4.19. The molecule has 0 bridgehead atoms. The van der Waals surface area contributed by atoms with Crippen LogP contribution in [-0.2, 0) is 11.3 Å². The maximum atomic E-state index is 12.8. The van der Waals surface area contributed by atoms with Crippen molar-refractivity contribution in [3.8, 4) is 5.75 Å². The number of hydrogen-bond donors (Lipinski definition) is 1. The molecule has 0 aliphatic heterocycles. The van der Waals surface area contributed by atoms with Crippen LogP contribution in [0, 0.1) is 6.92 Å². The van der Waals surface area contributed by atoms with Gasteiger partial charge >= 0.3 is 5.97 Å². The van der Waals surface area contributed by atoms with E-state index in [0.29, 0.717) is 10.7 Å². The zero-order valence-corrected chi connectivity index (χ0v) is 20.4. The summed E-state index contributed by atoms with van der Waals surface area (Å²) in [7, 11) is 0. The van der Waals surface area contributed by atoms with Crippen LogP contribution in [0.4, 0.5) is 11.5 Å². The predicted molar refractivity (Wildman–Crippen MR) is 137 cm³/mol. The van der Waals surface area contributed by atoms with Crippen LogP contribution < -0.4 is 10.1 Å². The van der Waals surface area contributed by atoms with Gasteiger partial charge in [-0.05, 0) is 48.7 Å². The highest BCUT2D eigenvalue weighted by Gasteiger charge is 2.20. The molecular formula is C27H29N3O3S. The first-order chi connectivity index (χ1) is 16.7. The normalized spacial score (nSPS) is 10.9. The quantitative estimate of drug-likeness (QED) is 0.185. The zero-order valence-electron chi connectivity index (χ0n) is 19.5. The van der Waals surface area contributed by atoms with E-state index < -0.39 is 0 Å². The number of aryl methyl sites for hydroxylation is 1. The van der Waals surface area contributed by atoms with Crippen molar-refractivity contribution in [3.05, 3.63) is 76.9 Å². The summed E-state index contributed by atoms with van der Waals surface area (Å²) in [6.07, 6.45) is 6.24. The lowest BCUT2D eigenvalue weighted by atomic mass is 10.2. The van der Waals surface area contributed by atoms with Gasteiger partial charge in [0.1, 0.15) is 34.2 Å². The van der Waals surface area contributed by atoms with Gasteiger partial charge in [-0.2, -0.15) is 0 Å². The number of carbonyl (C=O) groups is 1. The maximum absolute atomic E-state index is 12.8. The Kier molecular flexibility index (Phi) is 8.09. The van der Waals surface area contributed by atoms with Crippen molar-refractivity contribution < 1.29 is 14.3 Å². The maximum Gasteiger partial charge on any atom is 0.349 e. The Bertz CT molecular complexity index is 1220. The number of rotatable bonds is 11. The molecule has 176 valence electrons. The molecule has 0 radical (unpaired) electrons. The largest absolute Gasteiger partial charge is 0.494 e. The van der Waals surface area contributed by atoms with Gasteiger partial charge in [0, 0.05) is 5.69 Å². The van der Waals surface area contributed by atoms with Crippen molar-refractivity contribution in [1.29, 1.82) is 0 Å². The lowest BCUT2D eigenvalue weighted by molar-refractivity contribution is 0.0478. The summed E-state index contributed by atoms with van der Waals surface area (Å²) in [6.45, 7) is 5.07. The Morgan fingerprint density at radius 3 is 2.56 bits per heavy atom. The number of nitrogens with one attached hydrogen (secondary N) is 1. The molecule has 2 heterocycles. The molecule has 4 aromatic rings. The van der Waals surface area contributed by atoms with Crippen molar-refractivity contribution in [2.75, 3.05) is 11.9 Å². The number of thiophene rings is 1. The summed E-state index contributed by atoms with van der Waals surface area (Å²) >= 11 is 1.32. The summed E-state index contributed by atoms with van der Waals surface area (Å²) < 4.78 is 11.4. The van der Waals surface area contributed by atoms with Crippen molar-refractivity contribution >= 4 is 39.0 Å². The van der Waals surface area contributed by atoms with E-state index in [1.165, 1.54) is 36.9 Å². The average Bonchev–Trinajstić information content (AvgIpc) is 3.21.